The number of halogens is 1. The van der Waals surface area contributed by atoms with Gasteiger partial charge < -0.3 is 10.6 Å². The highest BCUT2D eigenvalue weighted by molar-refractivity contribution is 9.10. The van der Waals surface area contributed by atoms with E-state index in [1.165, 1.54) is 0 Å². The Morgan fingerprint density at radius 1 is 1.28 bits per heavy atom. The Labute approximate surface area is 117 Å². The third kappa shape index (κ3) is 5.65. The molecule has 1 aromatic carbocycles. The van der Waals surface area contributed by atoms with Crippen molar-refractivity contribution in [1.82, 2.24) is 10.6 Å². The van der Waals surface area contributed by atoms with Gasteiger partial charge in [-0.3, -0.25) is 4.79 Å². The average molecular weight is 313 g/mol. The van der Waals surface area contributed by atoms with Crippen molar-refractivity contribution in [1.29, 1.82) is 0 Å². The van der Waals surface area contributed by atoms with Crippen LogP contribution in [0.5, 0.6) is 0 Å². The topological polar surface area (TPSA) is 41.1 Å². The van der Waals surface area contributed by atoms with Crippen LogP contribution in [0.15, 0.2) is 28.7 Å². The third-order valence-electron chi connectivity index (χ3n) is 2.53. The van der Waals surface area contributed by atoms with Crippen molar-refractivity contribution < 1.29 is 4.79 Å². The first-order chi connectivity index (χ1) is 8.28. The van der Waals surface area contributed by atoms with Crippen LogP contribution in [-0.4, -0.2) is 18.0 Å². The molecule has 0 aromatic heterocycles. The molecule has 0 spiro atoms. The fourth-order valence-corrected chi connectivity index (χ4v) is 1.74. The third-order valence-corrected chi connectivity index (χ3v) is 3.06. The monoisotopic (exact) mass is 312 g/mol. The summed E-state index contributed by atoms with van der Waals surface area (Å²) in [7, 11) is 0. The second kappa shape index (κ2) is 6.34. The zero-order valence-corrected chi connectivity index (χ0v) is 13.0. The van der Waals surface area contributed by atoms with Crippen LogP contribution in [0, 0.1) is 0 Å². The van der Waals surface area contributed by atoms with Gasteiger partial charge in [0.2, 0.25) is 5.91 Å². The summed E-state index contributed by atoms with van der Waals surface area (Å²) < 4.78 is 1.04. The first-order valence-electron chi connectivity index (χ1n) is 6.08. The van der Waals surface area contributed by atoms with E-state index in [0.29, 0.717) is 6.54 Å². The lowest BCUT2D eigenvalue weighted by Crippen LogP contribution is -2.43. The van der Waals surface area contributed by atoms with Crippen LogP contribution in [0.2, 0.25) is 0 Å². The molecule has 0 aliphatic heterocycles. The van der Waals surface area contributed by atoms with Gasteiger partial charge in [0.25, 0.3) is 0 Å². The van der Waals surface area contributed by atoms with E-state index in [-0.39, 0.29) is 17.5 Å². The average Bonchev–Trinajstić information content (AvgIpc) is 2.26. The van der Waals surface area contributed by atoms with E-state index in [1.54, 1.807) is 0 Å². The molecule has 0 aliphatic rings. The van der Waals surface area contributed by atoms with Crippen LogP contribution in [0.1, 0.15) is 39.3 Å². The maximum absolute atomic E-state index is 11.8. The number of rotatable bonds is 4. The fourth-order valence-electron chi connectivity index (χ4n) is 1.47. The molecule has 0 aliphatic carbocycles. The minimum Gasteiger partial charge on any atom is -0.348 e. The highest BCUT2D eigenvalue weighted by atomic mass is 79.9. The smallest absolute Gasteiger partial charge is 0.234 e. The number of carbonyl (C=O) groups is 1. The number of carbonyl (C=O) groups excluding carboxylic acids is 1. The molecule has 0 heterocycles. The molecule has 1 atom stereocenters. The van der Waals surface area contributed by atoms with Crippen molar-refractivity contribution in [3.8, 4) is 0 Å². The van der Waals surface area contributed by atoms with Crippen LogP contribution in [0.4, 0.5) is 0 Å². The van der Waals surface area contributed by atoms with Gasteiger partial charge in [-0.15, -0.1) is 0 Å². The Hall–Kier alpha value is -0.870. The molecule has 100 valence electrons. The molecule has 2 N–H and O–H groups in total. The van der Waals surface area contributed by atoms with E-state index in [0.717, 1.165) is 10.0 Å². The van der Waals surface area contributed by atoms with Crippen molar-refractivity contribution in [2.24, 2.45) is 0 Å². The molecule has 0 radical (unpaired) electrons. The van der Waals surface area contributed by atoms with Crippen molar-refractivity contribution >= 4 is 21.8 Å². The number of hydrogen-bond acceptors (Lipinski definition) is 2. The predicted octanol–water partition coefficient (Wildman–Crippen LogP) is 3.01. The second-order valence-electron chi connectivity index (χ2n) is 5.44. The van der Waals surface area contributed by atoms with Crippen LogP contribution >= 0.6 is 15.9 Å². The summed E-state index contributed by atoms with van der Waals surface area (Å²) in [6, 6.07) is 7.99. The molecule has 0 saturated carbocycles. The molecule has 0 saturated heterocycles. The zero-order chi connectivity index (χ0) is 13.8. The second-order valence-corrected chi connectivity index (χ2v) is 6.36. The Morgan fingerprint density at radius 3 is 2.33 bits per heavy atom. The largest absolute Gasteiger partial charge is 0.348 e. The van der Waals surface area contributed by atoms with E-state index in [1.807, 2.05) is 52.0 Å². The highest BCUT2D eigenvalue weighted by Gasteiger charge is 2.13. The number of hydrogen-bond donors (Lipinski definition) is 2. The van der Waals surface area contributed by atoms with Gasteiger partial charge in [0.15, 0.2) is 0 Å². The Bertz CT molecular complexity index is 395. The molecule has 3 nitrogen and oxygen atoms in total. The highest BCUT2D eigenvalue weighted by Crippen LogP contribution is 2.16. The molecule has 4 heteroatoms. The van der Waals surface area contributed by atoms with Gasteiger partial charge in [-0.05, 0) is 45.4 Å². The molecule has 1 rings (SSSR count). The van der Waals surface area contributed by atoms with Crippen LogP contribution in [0.25, 0.3) is 0 Å². The maximum atomic E-state index is 11.8. The maximum Gasteiger partial charge on any atom is 0.234 e. The van der Waals surface area contributed by atoms with Crippen molar-refractivity contribution in [2.75, 3.05) is 6.54 Å². The van der Waals surface area contributed by atoms with Gasteiger partial charge in [0, 0.05) is 10.0 Å². The SMILES string of the molecule is CC(NC(=O)CNC(C)(C)C)c1ccc(Br)cc1. The Balaban J connectivity index is 2.47. The van der Waals surface area contributed by atoms with E-state index in [4.69, 9.17) is 0 Å². The summed E-state index contributed by atoms with van der Waals surface area (Å²) in [5.74, 6) is 0.0142. The summed E-state index contributed by atoms with van der Waals surface area (Å²) in [6.07, 6.45) is 0. The van der Waals surface area contributed by atoms with Crippen molar-refractivity contribution in [2.45, 2.75) is 39.3 Å². The van der Waals surface area contributed by atoms with E-state index in [9.17, 15) is 4.79 Å². The van der Waals surface area contributed by atoms with Crippen LogP contribution in [0.3, 0.4) is 0 Å². The minimum atomic E-state index is -0.0435. The van der Waals surface area contributed by atoms with Crippen LogP contribution in [-0.2, 0) is 4.79 Å². The zero-order valence-electron chi connectivity index (χ0n) is 11.4. The van der Waals surface area contributed by atoms with Gasteiger partial charge in [-0.2, -0.15) is 0 Å². The Morgan fingerprint density at radius 2 is 1.83 bits per heavy atom. The molecule has 1 aromatic rings. The summed E-state index contributed by atoms with van der Waals surface area (Å²) in [5.41, 5.74) is 1.06. The molecule has 0 fully saturated rings. The fraction of sp³-hybridized carbons (Fsp3) is 0.500. The van der Waals surface area contributed by atoms with Gasteiger partial charge in [-0.25, -0.2) is 0 Å². The van der Waals surface area contributed by atoms with Gasteiger partial charge in [0.1, 0.15) is 0 Å². The molecule has 0 bridgehead atoms. The molecular weight excluding hydrogens is 292 g/mol. The standard InChI is InChI=1S/C14H21BrN2O/c1-10(11-5-7-12(15)8-6-11)17-13(18)9-16-14(2,3)4/h5-8,10,16H,9H2,1-4H3,(H,17,18). The number of amides is 1. The first-order valence-corrected chi connectivity index (χ1v) is 6.87. The summed E-state index contributed by atoms with van der Waals surface area (Å²) >= 11 is 3.39. The predicted molar refractivity (Wildman–Crippen MR) is 78.5 cm³/mol. The first kappa shape index (κ1) is 15.2. The quantitative estimate of drug-likeness (QED) is 0.897. The molecule has 1 amide bonds. The van der Waals surface area contributed by atoms with Gasteiger partial charge in [0.05, 0.1) is 12.6 Å². The summed E-state index contributed by atoms with van der Waals surface area (Å²) in [5, 5.41) is 6.14. The van der Waals surface area contributed by atoms with Gasteiger partial charge >= 0.3 is 0 Å². The lowest BCUT2D eigenvalue weighted by Gasteiger charge is -2.21. The molecule has 1 unspecified atom stereocenters. The summed E-state index contributed by atoms with van der Waals surface area (Å²) in [4.78, 5) is 11.8. The van der Waals surface area contributed by atoms with E-state index in [2.05, 4.69) is 26.6 Å². The number of nitrogens with one attached hydrogen (secondary N) is 2. The Kier molecular flexibility index (Phi) is 5.35. The minimum absolute atomic E-state index is 0.0142. The number of benzene rings is 1. The van der Waals surface area contributed by atoms with Crippen molar-refractivity contribution in [3.05, 3.63) is 34.3 Å². The molecule has 18 heavy (non-hydrogen) atoms. The summed E-state index contributed by atoms with van der Waals surface area (Å²) in [6.45, 7) is 8.44. The lowest BCUT2D eigenvalue weighted by molar-refractivity contribution is -0.121. The van der Waals surface area contributed by atoms with E-state index < -0.39 is 0 Å². The van der Waals surface area contributed by atoms with Crippen molar-refractivity contribution in [3.63, 3.8) is 0 Å². The molecular formula is C14H21BrN2O. The van der Waals surface area contributed by atoms with E-state index >= 15 is 0 Å². The lowest BCUT2D eigenvalue weighted by atomic mass is 10.1. The van der Waals surface area contributed by atoms with Gasteiger partial charge in [-0.1, -0.05) is 28.1 Å². The van der Waals surface area contributed by atoms with Crippen LogP contribution < -0.4 is 10.6 Å². The normalized spacial score (nSPS) is 13.2.